The van der Waals surface area contributed by atoms with Gasteiger partial charge in [-0.3, -0.25) is 0 Å². The van der Waals surface area contributed by atoms with Crippen LogP contribution in [0, 0.1) is 13.8 Å². The van der Waals surface area contributed by atoms with Crippen molar-refractivity contribution in [1.29, 1.82) is 0 Å². The van der Waals surface area contributed by atoms with Gasteiger partial charge in [-0.15, -0.1) is 0 Å². The molecule has 2 aromatic rings. The lowest BCUT2D eigenvalue weighted by Crippen LogP contribution is -1.95. The first-order valence-electron chi connectivity index (χ1n) is 5.19. The zero-order chi connectivity index (χ0) is 10.8. The van der Waals surface area contributed by atoms with Crippen LogP contribution in [0.2, 0.25) is 0 Å². The summed E-state index contributed by atoms with van der Waals surface area (Å²) in [6, 6.07) is 6.42. The van der Waals surface area contributed by atoms with Crippen LogP contribution in [0.4, 0.5) is 0 Å². The van der Waals surface area contributed by atoms with Crippen LogP contribution >= 0.6 is 0 Å². The lowest BCUT2D eigenvalue weighted by atomic mass is 9.99. The maximum Gasteiger partial charge on any atom is 0.0946 e. The van der Waals surface area contributed by atoms with Gasteiger partial charge in [0.05, 0.1) is 12.0 Å². The number of hydrogen-bond acceptors (Lipinski definition) is 1. The third-order valence-electron chi connectivity index (χ3n) is 2.76. The van der Waals surface area contributed by atoms with E-state index < -0.39 is 0 Å². The molecular weight excluding hydrogens is 184 g/mol. The second-order valence-corrected chi connectivity index (χ2v) is 4.08. The Morgan fingerprint density at radius 3 is 2.40 bits per heavy atom. The minimum Gasteiger partial charge on any atom is -0.340 e. The highest BCUT2D eigenvalue weighted by Crippen LogP contribution is 2.16. The number of imidazole rings is 1. The molecule has 0 aliphatic carbocycles. The monoisotopic (exact) mass is 200 g/mol. The minimum absolute atomic E-state index is 0.930. The molecule has 0 spiro atoms. The van der Waals surface area contributed by atoms with Gasteiger partial charge in [0.2, 0.25) is 0 Å². The van der Waals surface area contributed by atoms with Gasteiger partial charge in [0.1, 0.15) is 0 Å². The fourth-order valence-electron chi connectivity index (χ4n) is 1.87. The van der Waals surface area contributed by atoms with E-state index in [1.165, 1.54) is 16.7 Å². The Kier molecular flexibility index (Phi) is 2.58. The predicted molar refractivity (Wildman–Crippen MR) is 61.9 cm³/mol. The average Bonchev–Trinajstić information content (AvgIpc) is 2.58. The summed E-state index contributed by atoms with van der Waals surface area (Å²) in [5.74, 6) is 0. The van der Waals surface area contributed by atoms with Crippen molar-refractivity contribution in [2.75, 3.05) is 0 Å². The number of aromatic nitrogens is 2. The van der Waals surface area contributed by atoms with E-state index in [1.807, 2.05) is 17.9 Å². The summed E-state index contributed by atoms with van der Waals surface area (Å²) in [7, 11) is 2.00. The van der Waals surface area contributed by atoms with Gasteiger partial charge in [0.25, 0.3) is 0 Å². The van der Waals surface area contributed by atoms with Crippen LogP contribution in [0.1, 0.15) is 22.4 Å². The molecule has 78 valence electrons. The van der Waals surface area contributed by atoms with Crippen LogP contribution < -0.4 is 0 Å². The van der Waals surface area contributed by atoms with Crippen LogP contribution in [0.3, 0.4) is 0 Å². The standard InChI is InChI=1S/C13H16N2/c1-10-5-4-6-11(2)13(10)7-12-8-15(3)9-14-12/h4-6,8-9H,7H2,1-3H3. The van der Waals surface area contributed by atoms with Gasteiger partial charge < -0.3 is 4.57 Å². The van der Waals surface area contributed by atoms with Gasteiger partial charge in [-0.2, -0.15) is 0 Å². The molecule has 0 bridgehead atoms. The molecule has 2 heteroatoms. The summed E-state index contributed by atoms with van der Waals surface area (Å²) < 4.78 is 1.99. The second kappa shape index (κ2) is 3.89. The number of hydrogen-bond donors (Lipinski definition) is 0. The van der Waals surface area contributed by atoms with Gasteiger partial charge in [0.15, 0.2) is 0 Å². The molecule has 1 aromatic heterocycles. The maximum absolute atomic E-state index is 4.36. The summed E-state index contributed by atoms with van der Waals surface area (Å²) in [5.41, 5.74) is 5.23. The maximum atomic E-state index is 4.36. The third kappa shape index (κ3) is 2.09. The molecule has 2 rings (SSSR count). The van der Waals surface area contributed by atoms with Crippen molar-refractivity contribution in [2.45, 2.75) is 20.3 Å². The molecule has 15 heavy (non-hydrogen) atoms. The Hall–Kier alpha value is -1.57. The number of nitrogens with zero attached hydrogens (tertiary/aromatic N) is 2. The zero-order valence-corrected chi connectivity index (χ0v) is 9.49. The normalized spacial score (nSPS) is 10.6. The molecule has 1 aromatic carbocycles. The number of aryl methyl sites for hydroxylation is 3. The van der Waals surface area contributed by atoms with Gasteiger partial charge in [0, 0.05) is 19.7 Å². The van der Waals surface area contributed by atoms with E-state index in [9.17, 15) is 0 Å². The lowest BCUT2D eigenvalue weighted by molar-refractivity contribution is 0.912. The Labute approximate surface area is 90.6 Å². The van der Waals surface area contributed by atoms with Crippen molar-refractivity contribution in [3.8, 4) is 0 Å². The third-order valence-corrected chi connectivity index (χ3v) is 2.76. The minimum atomic E-state index is 0.930. The van der Waals surface area contributed by atoms with Gasteiger partial charge in [-0.1, -0.05) is 18.2 Å². The summed E-state index contributed by atoms with van der Waals surface area (Å²) >= 11 is 0. The number of rotatable bonds is 2. The highest BCUT2D eigenvalue weighted by atomic mass is 15.0. The average molecular weight is 200 g/mol. The van der Waals surface area contributed by atoms with Crippen LogP contribution in [0.5, 0.6) is 0 Å². The molecule has 0 atom stereocenters. The fourth-order valence-corrected chi connectivity index (χ4v) is 1.87. The largest absolute Gasteiger partial charge is 0.340 e. The van der Waals surface area contributed by atoms with Gasteiger partial charge in [-0.05, 0) is 30.5 Å². The molecule has 0 N–H and O–H groups in total. The Morgan fingerprint density at radius 1 is 1.20 bits per heavy atom. The molecule has 0 saturated carbocycles. The van der Waals surface area contributed by atoms with Crippen molar-refractivity contribution in [1.82, 2.24) is 9.55 Å². The molecule has 0 aliphatic rings. The van der Waals surface area contributed by atoms with E-state index in [0.29, 0.717) is 0 Å². The fraction of sp³-hybridized carbons (Fsp3) is 0.308. The quantitative estimate of drug-likeness (QED) is 0.728. The molecule has 0 amide bonds. The first kappa shape index (κ1) is 9.97. The van der Waals surface area contributed by atoms with E-state index in [1.54, 1.807) is 0 Å². The summed E-state index contributed by atoms with van der Waals surface area (Å²) in [4.78, 5) is 4.36. The molecule has 0 aliphatic heterocycles. The van der Waals surface area contributed by atoms with Gasteiger partial charge in [-0.25, -0.2) is 4.98 Å². The molecule has 0 unspecified atom stereocenters. The van der Waals surface area contributed by atoms with E-state index in [4.69, 9.17) is 0 Å². The van der Waals surface area contributed by atoms with Crippen LogP contribution in [-0.4, -0.2) is 9.55 Å². The topological polar surface area (TPSA) is 17.8 Å². The molecule has 1 heterocycles. The Balaban J connectivity index is 2.31. The van der Waals surface area contributed by atoms with E-state index in [2.05, 4.69) is 43.2 Å². The van der Waals surface area contributed by atoms with E-state index >= 15 is 0 Å². The summed E-state index contributed by atoms with van der Waals surface area (Å²) in [6.07, 6.45) is 4.86. The van der Waals surface area contributed by atoms with Crippen LogP contribution in [0.25, 0.3) is 0 Å². The van der Waals surface area contributed by atoms with Crippen molar-refractivity contribution in [3.63, 3.8) is 0 Å². The van der Waals surface area contributed by atoms with Crippen molar-refractivity contribution >= 4 is 0 Å². The summed E-state index contributed by atoms with van der Waals surface area (Å²) in [5, 5.41) is 0. The van der Waals surface area contributed by atoms with E-state index in [-0.39, 0.29) is 0 Å². The van der Waals surface area contributed by atoms with Crippen molar-refractivity contribution in [3.05, 3.63) is 53.1 Å². The van der Waals surface area contributed by atoms with Crippen LogP contribution in [0.15, 0.2) is 30.7 Å². The van der Waals surface area contributed by atoms with Crippen LogP contribution in [-0.2, 0) is 13.5 Å². The summed E-state index contributed by atoms with van der Waals surface area (Å²) in [6.45, 7) is 4.32. The molecule has 0 fully saturated rings. The molecular formula is C13H16N2. The molecule has 0 radical (unpaired) electrons. The van der Waals surface area contributed by atoms with Gasteiger partial charge >= 0.3 is 0 Å². The SMILES string of the molecule is Cc1cccc(C)c1Cc1cn(C)cn1. The molecule has 0 saturated heterocycles. The van der Waals surface area contributed by atoms with E-state index in [0.717, 1.165) is 12.1 Å². The second-order valence-electron chi connectivity index (χ2n) is 4.08. The van der Waals surface area contributed by atoms with Crippen molar-refractivity contribution in [2.24, 2.45) is 7.05 Å². The highest BCUT2D eigenvalue weighted by Gasteiger charge is 2.04. The highest BCUT2D eigenvalue weighted by molar-refractivity contribution is 5.36. The number of benzene rings is 1. The first-order valence-corrected chi connectivity index (χ1v) is 5.19. The first-order chi connectivity index (χ1) is 7.16. The lowest BCUT2D eigenvalue weighted by Gasteiger charge is -2.07. The Bertz CT molecular complexity index is 449. The smallest absolute Gasteiger partial charge is 0.0946 e. The predicted octanol–water partition coefficient (Wildman–Crippen LogP) is 2.63. The Morgan fingerprint density at radius 2 is 1.87 bits per heavy atom. The van der Waals surface area contributed by atoms with Crippen molar-refractivity contribution < 1.29 is 0 Å². The molecule has 2 nitrogen and oxygen atoms in total. The zero-order valence-electron chi connectivity index (χ0n) is 9.49.